The van der Waals surface area contributed by atoms with Crippen molar-refractivity contribution in [3.05, 3.63) is 23.8 Å². The van der Waals surface area contributed by atoms with Gasteiger partial charge in [-0.2, -0.15) is 0 Å². The highest BCUT2D eigenvalue weighted by Crippen LogP contribution is 2.28. The molecule has 120 valence electrons. The molecule has 1 atom stereocenters. The van der Waals surface area contributed by atoms with Gasteiger partial charge in [0.1, 0.15) is 12.7 Å². The number of aliphatic hydroxyl groups is 2. The summed E-state index contributed by atoms with van der Waals surface area (Å²) in [6, 6.07) is 5.72. The second kappa shape index (κ2) is 8.22. The second-order valence-corrected chi connectivity index (χ2v) is 5.97. The molecule has 0 amide bonds. The first-order valence-corrected chi connectivity index (χ1v) is 7.28. The maximum atomic E-state index is 9.34. The molecule has 5 heteroatoms. The molecule has 3 N–H and O–H groups in total. The van der Waals surface area contributed by atoms with E-state index in [-0.39, 0.29) is 18.8 Å². The van der Waals surface area contributed by atoms with Crippen molar-refractivity contribution in [1.82, 2.24) is 5.32 Å². The average molecular weight is 297 g/mol. The molecule has 0 heterocycles. The van der Waals surface area contributed by atoms with Gasteiger partial charge in [0, 0.05) is 12.1 Å². The van der Waals surface area contributed by atoms with E-state index in [4.69, 9.17) is 14.6 Å². The van der Waals surface area contributed by atoms with Crippen LogP contribution in [0.2, 0.25) is 0 Å². The molecule has 0 aliphatic rings. The maximum absolute atomic E-state index is 9.34. The van der Waals surface area contributed by atoms with Crippen LogP contribution in [0.15, 0.2) is 18.2 Å². The van der Waals surface area contributed by atoms with Crippen LogP contribution in [-0.4, -0.2) is 41.7 Å². The molecule has 0 radical (unpaired) electrons. The molecule has 0 fully saturated rings. The third kappa shape index (κ3) is 6.80. The van der Waals surface area contributed by atoms with Crippen LogP contribution < -0.4 is 14.8 Å². The van der Waals surface area contributed by atoms with E-state index >= 15 is 0 Å². The molecule has 1 aromatic rings. The van der Waals surface area contributed by atoms with E-state index in [1.807, 2.05) is 25.1 Å². The Kier molecular flexibility index (Phi) is 6.95. The Morgan fingerprint density at radius 1 is 1.19 bits per heavy atom. The summed E-state index contributed by atoms with van der Waals surface area (Å²) in [7, 11) is 0. The van der Waals surface area contributed by atoms with Gasteiger partial charge in [0.15, 0.2) is 11.5 Å². The van der Waals surface area contributed by atoms with E-state index in [1.165, 1.54) is 0 Å². The van der Waals surface area contributed by atoms with Crippen molar-refractivity contribution in [2.45, 2.75) is 45.9 Å². The van der Waals surface area contributed by atoms with Crippen molar-refractivity contribution in [2.24, 2.45) is 0 Å². The Labute approximate surface area is 126 Å². The predicted molar refractivity (Wildman–Crippen MR) is 82.8 cm³/mol. The van der Waals surface area contributed by atoms with Crippen molar-refractivity contribution in [2.75, 3.05) is 19.8 Å². The van der Waals surface area contributed by atoms with Gasteiger partial charge in [-0.25, -0.2) is 0 Å². The third-order valence-electron chi connectivity index (χ3n) is 2.77. The van der Waals surface area contributed by atoms with E-state index in [0.29, 0.717) is 18.1 Å². The van der Waals surface area contributed by atoms with Gasteiger partial charge >= 0.3 is 0 Å². The maximum Gasteiger partial charge on any atom is 0.161 e. The van der Waals surface area contributed by atoms with Crippen molar-refractivity contribution in [3.8, 4) is 11.5 Å². The first kappa shape index (κ1) is 17.8. The second-order valence-electron chi connectivity index (χ2n) is 5.97. The van der Waals surface area contributed by atoms with Crippen LogP contribution in [0, 0.1) is 0 Å². The lowest BCUT2D eigenvalue weighted by atomic mass is 10.1. The van der Waals surface area contributed by atoms with Gasteiger partial charge in [-0.05, 0) is 45.4 Å². The summed E-state index contributed by atoms with van der Waals surface area (Å²) >= 11 is 0. The molecule has 21 heavy (non-hydrogen) atoms. The van der Waals surface area contributed by atoms with Gasteiger partial charge in [0.25, 0.3) is 0 Å². The molecule has 0 aromatic heterocycles. The minimum atomic E-state index is -0.887. The van der Waals surface area contributed by atoms with E-state index in [0.717, 1.165) is 12.1 Å². The SMILES string of the molecule is CCOc1cc(CNC(C)(C)C)ccc1OCC(O)CO. The molecule has 0 aliphatic carbocycles. The number of aliphatic hydroxyl groups excluding tert-OH is 2. The zero-order chi connectivity index (χ0) is 15.9. The summed E-state index contributed by atoms with van der Waals surface area (Å²) in [5.41, 5.74) is 1.15. The molecule has 1 aromatic carbocycles. The number of rotatable bonds is 8. The lowest BCUT2D eigenvalue weighted by molar-refractivity contribution is 0.0525. The quantitative estimate of drug-likeness (QED) is 0.681. The molecule has 5 nitrogen and oxygen atoms in total. The smallest absolute Gasteiger partial charge is 0.161 e. The molecule has 0 saturated carbocycles. The summed E-state index contributed by atoms with van der Waals surface area (Å²) in [6.07, 6.45) is -0.887. The lowest BCUT2D eigenvalue weighted by Gasteiger charge is -2.21. The average Bonchev–Trinajstić information content (AvgIpc) is 2.43. The van der Waals surface area contributed by atoms with Crippen LogP contribution in [0.3, 0.4) is 0 Å². The summed E-state index contributed by atoms with van der Waals surface area (Å²) in [4.78, 5) is 0. The fourth-order valence-electron chi connectivity index (χ4n) is 1.66. The monoisotopic (exact) mass is 297 g/mol. The van der Waals surface area contributed by atoms with Crippen molar-refractivity contribution in [1.29, 1.82) is 0 Å². The van der Waals surface area contributed by atoms with Crippen molar-refractivity contribution >= 4 is 0 Å². The molecular formula is C16H27NO4. The van der Waals surface area contributed by atoms with E-state index in [9.17, 15) is 5.11 Å². The van der Waals surface area contributed by atoms with Crippen LogP contribution in [0.25, 0.3) is 0 Å². The van der Waals surface area contributed by atoms with Crippen molar-refractivity contribution < 1.29 is 19.7 Å². The van der Waals surface area contributed by atoms with Crippen LogP contribution in [-0.2, 0) is 6.54 Å². The summed E-state index contributed by atoms with van der Waals surface area (Å²) in [5.74, 6) is 1.22. The van der Waals surface area contributed by atoms with Gasteiger partial charge in [0.2, 0.25) is 0 Å². The molecule has 0 saturated heterocycles. The van der Waals surface area contributed by atoms with Gasteiger partial charge in [-0.15, -0.1) is 0 Å². The number of hydrogen-bond acceptors (Lipinski definition) is 5. The van der Waals surface area contributed by atoms with Crippen LogP contribution in [0.4, 0.5) is 0 Å². The van der Waals surface area contributed by atoms with E-state index in [2.05, 4.69) is 26.1 Å². The number of hydrogen-bond donors (Lipinski definition) is 3. The lowest BCUT2D eigenvalue weighted by Crippen LogP contribution is -2.35. The Morgan fingerprint density at radius 2 is 1.90 bits per heavy atom. The van der Waals surface area contributed by atoms with Crippen molar-refractivity contribution in [3.63, 3.8) is 0 Å². The highest BCUT2D eigenvalue weighted by atomic mass is 16.5. The minimum absolute atomic E-state index is 0.0379. The molecule has 1 unspecified atom stereocenters. The van der Waals surface area contributed by atoms with E-state index in [1.54, 1.807) is 0 Å². The number of ether oxygens (including phenoxy) is 2. The zero-order valence-corrected chi connectivity index (χ0v) is 13.3. The summed E-state index contributed by atoms with van der Waals surface area (Å²) in [6.45, 7) is 9.25. The Morgan fingerprint density at radius 3 is 2.48 bits per heavy atom. The highest BCUT2D eigenvalue weighted by Gasteiger charge is 2.12. The van der Waals surface area contributed by atoms with Gasteiger partial charge in [-0.3, -0.25) is 0 Å². The molecule has 0 spiro atoms. The summed E-state index contributed by atoms with van der Waals surface area (Å²) in [5, 5.41) is 21.6. The Balaban J connectivity index is 2.76. The van der Waals surface area contributed by atoms with Gasteiger partial charge in [0.05, 0.1) is 13.2 Å². The van der Waals surface area contributed by atoms with E-state index < -0.39 is 6.10 Å². The van der Waals surface area contributed by atoms with Crippen LogP contribution >= 0.6 is 0 Å². The first-order chi connectivity index (χ1) is 9.85. The molecular weight excluding hydrogens is 270 g/mol. The first-order valence-electron chi connectivity index (χ1n) is 7.28. The fourth-order valence-corrected chi connectivity index (χ4v) is 1.66. The Bertz CT molecular complexity index is 429. The number of benzene rings is 1. The largest absolute Gasteiger partial charge is 0.490 e. The highest BCUT2D eigenvalue weighted by molar-refractivity contribution is 5.43. The minimum Gasteiger partial charge on any atom is -0.490 e. The standard InChI is InChI=1S/C16H27NO4/c1-5-20-15-8-12(9-17-16(2,3)4)6-7-14(15)21-11-13(19)10-18/h6-8,13,17-19H,5,9-11H2,1-4H3. The topological polar surface area (TPSA) is 71.0 Å². The zero-order valence-electron chi connectivity index (χ0n) is 13.3. The molecule has 1 rings (SSSR count). The molecule has 0 bridgehead atoms. The van der Waals surface area contributed by atoms with Crippen LogP contribution in [0.5, 0.6) is 11.5 Å². The summed E-state index contributed by atoms with van der Waals surface area (Å²) < 4.78 is 11.1. The third-order valence-corrected chi connectivity index (χ3v) is 2.77. The molecule has 0 aliphatic heterocycles. The fraction of sp³-hybridized carbons (Fsp3) is 0.625. The van der Waals surface area contributed by atoms with Gasteiger partial charge in [-0.1, -0.05) is 6.07 Å². The number of nitrogens with one attached hydrogen (secondary N) is 1. The van der Waals surface area contributed by atoms with Crippen LogP contribution in [0.1, 0.15) is 33.3 Å². The normalized spacial score (nSPS) is 13.0. The van der Waals surface area contributed by atoms with Gasteiger partial charge < -0.3 is 25.0 Å². The predicted octanol–water partition coefficient (Wildman–Crippen LogP) is 1.71. The Hall–Kier alpha value is -1.30.